The molecule has 0 aromatic carbocycles. The van der Waals surface area contributed by atoms with Crippen molar-refractivity contribution in [3.63, 3.8) is 0 Å². The number of carbonyl (C=O) groups excluding carboxylic acids is 1. The minimum Gasteiger partial charge on any atom is -0.366 e. The number of aromatic amines is 1. The van der Waals surface area contributed by atoms with Gasteiger partial charge in [-0.25, -0.2) is 14.4 Å². The lowest BCUT2D eigenvalue weighted by Gasteiger charge is -2.11. The Morgan fingerprint density at radius 2 is 2.14 bits per heavy atom. The topological polar surface area (TPSA) is 116 Å². The van der Waals surface area contributed by atoms with E-state index in [1.165, 1.54) is 18.5 Å². The van der Waals surface area contributed by atoms with Crippen LogP contribution >= 0.6 is 0 Å². The molecule has 3 N–H and O–H groups in total. The molecule has 3 heterocycles. The standard InChI is InChI=1S/C17H13F4N5O3/c18-11-5-10(8-26(16(11)28)3-4-29-17(19,20)21)12-7-24-15-14(25-12)9(6-23-15)1-2-13(22)27/h1-2,5-8H,3-4H2,(H2,22,27)(H,23,24)/b2-1+. The van der Waals surface area contributed by atoms with Crippen LogP contribution in [0.4, 0.5) is 17.6 Å². The first-order valence-corrected chi connectivity index (χ1v) is 8.07. The molecule has 29 heavy (non-hydrogen) atoms. The van der Waals surface area contributed by atoms with Crippen molar-refractivity contribution < 1.29 is 27.1 Å². The first-order chi connectivity index (χ1) is 13.6. The Labute approximate surface area is 159 Å². The van der Waals surface area contributed by atoms with Crippen molar-refractivity contribution in [2.75, 3.05) is 6.61 Å². The van der Waals surface area contributed by atoms with Crippen molar-refractivity contribution in [1.82, 2.24) is 19.5 Å². The Balaban J connectivity index is 1.97. The van der Waals surface area contributed by atoms with Crippen LogP contribution in [-0.4, -0.2) is 38.4 Å². The number of nitrogens with two attached hydrogens (primary N) is 1. The predicted molar refractivity (Wildman–Crippen MR) is 93.8 cm³/mol. The number of fused-ring (bicyclic) bond motifs is 1. The molecule has 8 nitrogen and oxygen atoms in total. The second-order valence-corrected chi connectivity index (χ2v) is 5.80. The SMILES string of the molecule is NC(=O)/C=C/c1c[nH]c2ncc(-c3cc(F)c(=O)n(CCOC(F)(F)F)c3)nc12. The number of alkyl halides is 3. The Morgan fingerprint density at radius 3 is 2.83 bits per heavy atom. The molecule has 1 amide bonds. The summed E-state index contributed by atoms with van der Waals surface area (Å²) in [4.78, 5) is 34.0. The highest BCUT2D eigenvalue weighted by Gasteiger charge is 2.28. The molecule has 0 unspecified atom stereocenters. The lowest BCUT2D eigenvalue weighted by Crippen LogP contribution is -2.26. The summed E-state index contributed by atoms with van der Waals surface area (Å²) in [5.41, 5.74) is 5.46. The van der Waals surface area contributed by atoms with E-state index in [0.29, 0.717) is 16.7 Å². The van der Waals surface area contributed by atoms with Crippen LogP contribution in [0.1, 0.15) is 5.56 Å². The van der Waals surface area contributed by atoms with E-state index < -0.39 is 36.8 Å². The van der Waals surface area contributed by atoms with E-state index in [1.807, 2.05) is 0 Å². The molecule has 0 atom stereocenters. The summed E-state index contributed by atoms with van der Waals surface area (Å²) in [6.45, 7) is -1.38. The number of nitrogens with zero attached hydrogens (tertiary/aromatic N) is 3. The fourth-order valence-electron chi connectivity index (χ4n) is 2.51. The molecule has 0 saturated carbocycles. The van der Waals surface area contributed by atoms with Crippen molar-refractivity contribution in [2.45, 2.75) is 12.9 Å². The number of ether oxygens (including phenoxy) is 1. The molecule has 0 fully saturated rings. The van der Waals surface area contributed by atoms with Crippen molar-refractivity contribution >= 4 is 23.1 Å². The molecule has 3 rings (SSSR count). The van der Waals surface area contributed by atoms with Crippen LogP contribution in [0.2, 0.25) is 0 Å². The maximum atomic E-state index is 14.0. The molecular formula is C17H13F4N5O3. The van der Waals surface area contributed by atoms with E-state index in [1.54, 1.807) is 0 Å². The van der Waals surface area contributed by atoms with Gasteiger partial charge in [-0.15, -0.1) is 13.2 Å². The van der Waals surface area contributed by atoms with E-state index in [9.17, 15) is 27.2 Å². The molecule has 0 radical (unpaired) electrons. The molecule has 152 valence electrons. The number of aromatic nitrogens is 4. The van der Waals surface area contributed by atoms with Gasteiger partial charge in [0.1, 0.15) is 5.52 Å². The predicted octanol–water partition coefficient (Wildman–Crippen LogP) is 1.96. The highest BCUT2D eigenvalue weighted by molar-refractivity contribution is 5.93. The van der Waals surface area contributed by atoms with Gasteiger partial charge in [0.25, 0.3) is 5.56 Å². The largest absolute Gasteiger partial charge is 0.522 e. The fourth-order valence-corrected chi connectivity index (χ4v) is 2.51. The minimum absolute atomic E-state index is 0.120. The van der Waals surface area contributed by atoms with E-state index in [2.05, 4.69) is 19.7 Å². The van der Waals surface area contributed by atoms with E-state index >= 15 is 0 Å². The fraction of sp³-hybridized carbons (Fsp3) is 0.176. The third-order valence-electron chi connectivity index (χ3n) is 3.77. The average Bonchev–Trinajstić information content (AvgIpc) is 3.04. The number of amides is 1. The summed E-state index contributed by atoms with van der Waals surface area (Å²) in [6.07, 6.45) is 1.67. The zero-order chi connectivity index (χ0) is 21.2. The maximum absolute atomic E-state index is 14.0. The minimum atomic E-state index is -4.86. The van der Waals surface area contributed by atoms with Crippen molar-refractivity contribution in [3.05, 3.63) is 52.5 Å². The summed E-state index contributed by atoms with van der Waals surface area (Å²) < 4.78 is 54.7. The van der Waals surface area contributed by atoms with Gasteiger partial charge < -0.3 is 15.3 Å². The molecule has 0 saturated heterocycles. The van der Waals surface area contributed by atoms with Crippen LogP contribution in [0.25, 0.3) is 28.5 Å². The lowest BCUT2D eigenvalue weighted by molar-refractivity contribution is -0.325. The van der Waals surface area contributed by atoms with Crippen LogP contribution in [0, 0.1) is 5.82 Å². The van der Waals surface area contributed by atoms with Gasteiger partial charge in [-0.3, -0.25) is 14.3 Å². The average molecular weight is 411 g/mol. The number of nitrogens with one attached hydrogen (secondary N) is 1. The third-order valence-corrected chi connectivity index (χ3v) is 3.77. The Kier molecular flexibility index (Phi) is 5.46. The van der Waals surface area contributed by atoms with Gasteiger partial charge in [0, 0.05) is 36.1 Å². The van der Waals surface area contributed by atoms with Gasteiger partial charge in [0.05, 0.1) is 18.5 Å². The molecule has 12 heteroatoms. The second kappa shape index (κ2) is 7.83. The third kappa shape index (κ3) is 4.85. The summed E-state index contributed by atoms with van der Waals surface area (Å²) >= 11 is 0. The number of hydrogen-bond donors (Lipinski definition) is 2. The molecule has 0 aliphatic rings. The number of H-pyrrole nitrogens is 1. The van der Waals surface area contributed by atoms with Crippen molar-refractivity contribution in [2.24, 2.45) is 5.73 Å². The van der Waals surface area contributed by atoms with Gasteiger partial charge >= 0.3 is 6.36 Å². The number of rotatable bonds is 6. The van der Waals surface area contributed by atoms with Crippen LogP contribution < -0.4 is 11.3 Å². The first kappa shape index (κ1) is 20.2. The molecule has 0 aliphatic carbocycles. The van der Waals surface area contributed by atoms with Gasteiger partial charge in [-0.2, -0.15) is 0 Å². The Morgan fingerprint density at radius 1 is 1.38 bits per heavy atom. The van der Waals surface area contributed by atoms with Crippen molar-refractivity contribution in [1.29, 1.82) is 0 Å². The Hall–Kier alpha value is -3.54. The van der Waals surface area contributed by atoms with Gasteiger partial charge in [0.15, 0.2) is 11.5 Å². The highest BCUT2D eigenvalue weighted by atomic mass is 19.4. The van der Waals surface area contributed by atoms with Gasteiger partial charge in [-0.1, -0.05) is 0 Å². The zero-order valence-corrected chi connectivity index (χ0v) is 14.5. The van der Waals surface area contributed by atoms with Crippen LogP contribution in [-0.2, 0) is 16.1 Å². The summed E-state index contributed by atoms with van der Waals surface area (Å²) in [7, 11) is 0. The summed E-state index contributed by atoms with van der Waals surface area (Å²) in [6, 6.07) is 0.908. The molecule has 3 aromatic rings. The summed E-state index contributed by atoms with van der Waals surface area (Å²) in [5, 5.41) is 0. The van der Waals surface area contributed by atoms with Crippen LogP contribution in [0.15, 0.2) is 35.5 Å². The van der Waals surface area contributed by atoms with Crippen molar-refractivity contribution in [3.8, 4) is 11.3 Å². The monoisotopic (exact) mass is 411 g/mol. The van der Waals surface area contributed by atoms with Crippen LogP contribution in [0.3, 0.4) is 0 Å². The number of carbonyl (C=O) groups is 1. The molecule has 0 bridgehead atoms. The highest BCUT2D eigenvalue weighted by Crippen LogP contribution is 2.22. The number of halogens is 4. The van der Waals surface area contributed by atoms with E-state index in [-0.39, 0.29) is 11.3 Å². The number of primary amides is 1. The Bertz CT molecular complexity index is 1150. The summed E-state index contributed by atoms with van der Waals surface area (Å²) in [5.74, 6) is -1.84. The second-order valence-electron chi connectivity index (χ2n) is 5.80. The first-order valence-electron chi connectivity index (χ1n) is 8.07. The zero-order valence-electron chi connectivity index (χ0n) is 14.5. The smallest absolute Gasteiger partial charge is 0.366 e. The lowest BCUT2D eigenvalue weighted by atomic mass is 10.2. The maximum Gasteiger partial charge on any atom is 0.522 e. The quantitative estimate of drug-likeness (QED) is 0.475. The van der Waals surface area contributed by atoms with E-state index in [0.717, 1.165) is 22.9 Å². The molecule has 0 spiro atoms. The molecule has 3 aromatic heterocycles. The van der Waals surface area contributed by atoms with E-state index in [4.69, 9.17) is 5.73 Å². The number of hydrogen-bond acceptors (Lipinski definition) is 5. The van der Waals surface area contributed by atoms with Crippen LogP contribution in [0.5, 0.6) is 0 Å². The normalized spacial score (nSPS) is 12.1. The van der Waals surface area contributed by atoms with Gasteiger partial charge in [0.2, 0.25) is 5.91 Å². The number of pyridine rings is 1. The van der Waals surface area contributed by atoms with Gasteiger partial charge in [-0.05, 0) is 12.1 Å². The molecule has 0 aliphatic heterocycles. The molecular weight excluding hydrogens is 398 g/mol.